The van der Waals surface area contributed by atoms with Crippen molar-refractivity contribution in [2.45, 2.75) is 20.4 Å². The second-order valence-electron chi connectivity index (χ2n) is 5.16. The van der Waals surface area contributed by atoms with Gasteiger partial charge in [-0.3, -0.25) is 0 Å². The number of rotatable bonds is 7. The third kappa shape index (κ3) is 3.92. The van der Waals surface area contributed by atoms with Crippen LogP contribution in [0.4, 0.5) is 0 Å². The number of aromatic nitrogens is 1. The quantitative estimate of drug-likeness (QED) is 0.789. The molecule has 1 heterocycles. The lowest BCUT2D eigenvalue weighted by atomic mass is 10.1. The summed E-state index contributed by atoms with van der Waals surface area (Å²) >= 11 is 0. The predicted octanol–water partition coefficient (Wildman–Crippen LogP) is 2.74. The lowest BCUT2D eigenvalue weighted by Crippen LogP contribution is -2.11. The van der Waals surface area contributed by atoms with E-state index in [2.05, 4.69) is 18.8 Å². The Hall–Kier alpha value is -1.65. The highest BCUT2D eigenvalue weighted by molar-refractivity contribution is 5.82. The van der Waals surface area contributed by atoms with E-state index in [-0.39, 0.29) is 0 Å². The van der Waals surface area contributed by atoms with Crippen LogP contribution in [0.5, 0.6) is 5.88 Å². The van der Waals surface area contributed by atoms with Crippen molar-refractivity contribution >= 4 is 10.9 Å². The third-order valence-electron chi connectivity index (χ3n) is 2.93. The molecular weight excluding hydrogens is 252 g/mol. The summed E-state index contributed by atoms with van der Waals surface area (Å²) in [7, 11) is 0. The largest absolute Gasteiger partial charge is 0.475 e. The van der Waals surface area contributed by atoms with Crippen molar-refractivity contribution in [2.75, 3.05) is 19.8 Å². The molecule has 2 N–H and O–H groups in total. The smallest absolute Gasteiger partial charge is 0.214 e. The lowest BCUT2D eigenvalue weighted by Gasteiger charge is -2.10. The third-order valence-corrected chi connectivity index (χ3v) is 2.93. The molecule has 4 heteroatoms. The van der Waals surface area contributed by atoms with E-state index >= 15 is 0 Å². The molecule has 0 aliphatic heterocycles. The second kappa shape index (κ2) is 7.22. The number of hydrogen-bond acceptors (Lipinski definition) is 4. The van der Waals surface area contributed by atoms with Crippen LogP contribution in [0.1, 0.15) is 19.4 Å². The normalized spacial score (nSPS) is 11.2. The van der Waals surface area contributed by atoms with Crippen LogP contribution in [0, 0.1) is 5.92 Å². The molecule has 0 fully saturated rings. The predicted molar refractivity (Wildman–Crippen MR) is 80.8 cm³/mol. The highest BCUT2D eigenvalue weighted by atomic mass is 16.5. The van der Waals surface area contributed by atoms with Crippen molar-refractivity contribution < 1.29 is 9.47 Å². The number of pyridine rings is 1. The fourth-order valence-corrected chi connectivity index (χ4v) is 1.99. The number of nitrogens with two attached hydrogens (primary N) is 1. The van der Waals surface area contributed by atoms with Gasteiger partial charge >= 0.3 is 0 Å². The maximum atomic E-state index is 5.79. The van der Waals surface area contributed by atoms with Crippen LogP contribution in [0.2, 0.25) is 0 Å². The highest BCUT2D eigenvalue weighted by Crippen LogP contribution is 2.21. The molecule has 0 aliphatic rings. The van der Waals surface area contributed by atoms with Gasteiger partial charge in [0, 0.05) is 24.6 Å². The Bertz CT molecular complexity index is 555. The highest BCUT2D eigenvalue weighted by Gasteiger charge is 2.05. The van der Waals surface area contributed by atoms with Crippen molar-refractivity contribution in [2.24, 2.45) is 11.7 Å². The molecule has 20 heavy (non-hydrogen) atoms. The molecule has 2 aromatic rings. The van der Waals surface area contributed by atoms with Crippen LogP contribution >= 0.6 is 0 Å². The zero-order chi connectivity index (χ0) is 14.4. The summed E-state index contributed by atoms with van der Waals surface area (Å²) in [5.74, 6) is 1.15. The van der Waals surface area contributed by atoms with E-state index in [4.69, 9.17) is 15.2 Å². The van der Waals surface area contributed by atoms with E-state index in [1.165, 1.54) is 0 Å². The Morgan fingerprint density at radius 1 is 1.20 bits per heavy atom. The summed E-state index contributed by atoms with van der Waals surface area (Å²) in [6, 6.07) is 9.86. The van der Waals surface area contributed by atoms with Gasteiger partial charge in [-0.2, -0.15) is 0 Å². The fraction of sp³-hybridized carbons (Fsp3) is 0.438. The lowest BCUT2D eigenvalue weighted by molar-refractivity contribution is 0.0807. The van der Waals surface area contributed by atoms with Gasteiger partial charge in [-0.25, -0.2) is 4.98 Å². The topological polar surface area (TPSA) is 57.4 Å². The monoisotopic (exact) mass is 274 g/mol. The Kier molecular flexibility index (Phi) is 5.32. The summed E-state index contributed by atoms with van der Waals surface area (Å²) in [4.78, 5) is 4.48. The molecule has 0 radical (unpaired) electrons. The van der Waals surface area contributed by atoms with Crippen molar-refractivity contribution in [1.82, 2.24) is 4.98 Å². The van der Waals surface area contributed by atoms with E-state index in [9.17, 15) is 0 Å². The van der Waals surface area contributed by atoms with Crippen molar-refractivity contribution in [1.29, 1.82) is 0 Å². The first kappa shape index (κ1) is 14.8. The molecule has 108 valence electrons. The molecule has 4 nitrogen and oxygen atoms in total. The van der Waals surface area contributed by atoms with Crippen LogP contribution in [0.25, 0.3) is 10.9 Å². The fourth-order valence-electron chi connectivity index (χ4n) is 1.99. The summed E-state index contributed by atoms with van der Waals surface area (Å²) in [6.45, 7) is 6.55. The number of nitrogens with zero attached hydrogens (tertiary/aromatic N) is 1. The van der Waals surface area contributed by atoms with Gasteiger partial charge in [0.1, 0.15) is 6.61 Å². The maximum Gasteiger partial charge on any atom is 0.214 e. The summed E-state index contributed by atoms with van der Waals surface area (Å²) in [5, 5.41) is 1.08. The van der Waals surface area contributed by atoms with Gasteiger partial charge in [0.15, 0.2) is 0 Å². The minimum absolute atomic E-state index is 0.475. The first-order valence-electron chi connectivity index (χ1n) is 7.00. The number of hydrogen-bond donors (Lipinski definition) is 1. The minimum atomic E-state index is 0.475. The van der Waals surface area contributed by atoms with Crippen LogP contribution in [0.3, 0.4) is 0 Å². The summed E-state index contributed by atoms with van der Waals surface area (Å²) < 4.78 is 11.1. The molecule has 0 unspecified atom stereocenters. The van der Waals surface area contributed by atoms with Crippen molar-refractivity contribution in [3.05, 3.63) is 35.9 Å². The van der Waals surface area contributed by atoms with Gasteiger partial charge < -0.3 is 15.2 Å². The van der Waals surface area contributed by atoms with Gasteiger partial charge in [-0.15, -0.1) is 0 Å². The summed E-state index contributed by atoms with van der Waals surface area (Å²) in [5.41, 5.74) is 7.75. The number of para-hydroxylation sites is 1. The van der Waals surface area contributed by atoms with E-state index in [0.717, 1.165) is 23.1 Å². The first-order valence-corrected chi connectivity index (χ1v) is 7.00. The summed E-state index contributed by atoms with van der Waals surface area (Å²) in [6.07, 6.45) is 0. The molecule has 0 spiro atoms. The SMILES string of the molecule is CC(C)COCCOc1cc(CN)c2ccccc2n1. The Morgan fingerprint density at radius 2 is 2.00 bits per heavy atom. The first-order chi connectivity index (χ1) is 9.70. The van der Waals surface area contributed by atoms with Gasteiger partial charge in [0.25, 0.3) is 0 Å². The molecule has 2 rings (SSSR count). The molecule has 0 saturated heterocycles. The molecule has 0 atom stereocenters. The van der Waals surface area contributed by atoms with Crippen LogP contribution in [-0.4, -0.2) is 24.8 Å². The van der Waals surface area contributed by atoms with Crippen LogP contribution in [0.15, 0.2) is 30.3 Å². The van der Waals surface area contributed by atoms with Gasteiger partial charge in [0.05, 0.1) is 12.1 Å². The van der Waals surface area contributed by atoms with Gasteiger partial charge in [-0.1, -0.05) is 32.0 Å². The molecule has 0 saturated carbocycles. The van der Waals surface area contributed by atoms with E-state index in [1.54, 1.807) is 0 Å². The van der Waals surface area contributed by atoms with Crippen molar-refractivity contribution in [3.8, 4) is 5.88 Å². The zero-order valence-electron chi connectivity index (χ0n) is 12.1. The molecule has 1 aromatic carbocycles. The molecule has 1 aromatic heterocycles. The second-order valence-corrected chi connectivity index (χ2v) is 5.16. The molecule has 0 aliphatic carbocycles. The molecule has 0 bridgehead atoms. The number of ether oxygens (including phenoxy) is 2. The van der Waals surface area contributed by atoms with Crippen LogP contribution < -0.4 is 10.5 Å². The molecule has 0 amide bonds. The Morgan fingerprint density at radius 3 is 2.75 bits per heavy atom. The number of fused-ring (bicyclic) bond motifs is 1. The maximum absolute atomic E-state index is 5.79. The zero-order valence-corrected chi connectivity index (χ0v) is 12.1. The standard InChI is InChI=1S/C16H22N2O2/c1-12(2)11-19-7-8-20-16-9-13(10-17)14-5-3-4-6-15(14)18-16/h3-6,9,12H,7-8,10-11,17H2,1-2H3. The van der Waals surface area contributed by atoms with Gasteiger partial charge in [-0.05, 0) is 17.5 Å². The Labute approximate surface area is 119 Å². The van der Waals surface area contributed by atoms with E-state index in [0.29, 0.717) is 31.6 Å². The average Bonchev–Trinajstić information content (AvgIpc) is 2.45. The van der Waals surface area contributed by atoms with E-state index < -0.39 is 0 Å². The van der Waals surface area contributed by atoms with E-state index in [1.807, 2.05) is 30.3 Å². The van der Waals surface area contributed by atoms with Crippen LogP contribution in [-0.2, 0) is 11.3 Å². The van der Waals surface area contributed by atoms with Crippen molar-refractivity contribution in [3.63, 3.8) is 0 Å². The van der Waals surface area contributed by atoms with Gasteiger partial charge in [0.2, 0.25) is 5.88 Å². The molecular formula is C16H22N2O2. The minimum Gasteiger partial charge on any atom is -0.475 e. The Balaban J connectivity index is 2.00. The number of benzene rings is 1. The average molecular weight is 274 g/mol.